The molecule has 0 aliphatic carbocycles. The van der Waals surface area contributed by atoms with Crippen LogP contribution in [0.5, 0.6) is 17.2 Å². The van der Waals surface area contributed by atoms with Crippen LogP contribution in [0.2, 0.25) is 0 Å². The Hall–Kier alpha value is -4.59. The predicted octanol–water partition coefficient (Wildman–Crippen LogP) is 4.36. The van der Waals surface area contributed by atoms with Gasteiger partial charge >= 0.3 is 0 Å². The average Bonchev–Trinajstić information content (AvgIpc) is 3.26. The maximum Gasteiger partial charge on any atom is 0.271 e. The van der Waals surface area contributed by atoms with E-state index in [1.54, 1.807) is 43.3 Å². The number of thiazole rings is 1. The fourth-order valence-electron chi connectivity index (χ4n) is 4.54. The first kappa shape index (κ1) is 28.0. The Labute approximate surface area is 248 Å². The Morgan fingerprint density at radius 1 is 1.20 bits per heavy atom. The van der Waals surface area contributed by atoms with Crippen LogP contribution in [0, 0.1) is 12.3 Å². The summed E-state index contributed by atoms with van der Waals surface area (Å²) in [6.45, 7) is 1.81. The molecule has 5 rings (SSSR count). The Bertz CT molecular complexity index is 1900. The number of carbonyl (C=O) groups is 1. The van der Waals surface area contributed by atoms with Crippen molar-refractivity contribution in [3.05, 3.63) is 113 Å². The summed E-state index contributed by atoms with van der Waals surface area (Å²) < 4.78 is 13.7. The maximum atomic E-state index is 14.0. The van der Waals surface area contributed by atoms with E-state index >= 15 is 0 Å². The minimum absolute atomic E-state index is 0.0613. The standard InChI is InChI=1S/C31H24BrN3O5S/c1-4-14-40-24-13-11-21(32)15-20(24)17-26-30(38)35-28(19-10-12-23(36)25(16-19)39-3)27(18(2)33-31(35)41-26)29(37)34-22-8-6-5-7-9-22/h1,5-13,15-17,28,36H,14H2,2-3H3,(H,34,37)/b26-17-/t28-/m0/s1. The van der Waals surface area contributed by atoms with Crippen LogP contribution in [-0.4, -0.2) is 29.3 Å². The van der Waals surface area contributed by atoms with E-state index in [0.717, 1.165) is 4.47 Å². The van der Waals surface area contributed by atoms with Crippen LogP contribution in [0.3, 0.4) is 0 Å². The first-order valence-corrected chi connectivity index (χ1v) is 14.0. The molecule has 0 fully saturated rings. The number of nitrogens with zero attached hydrogens (tertiary/aromatic N) is 2. The highest BCUT2D eigenvalue weighted by Gasteiger charge is 2.33. The Balaban J connectivity index is 1.70. The number of halogens is 1. The van der Waals surface area contributed by atoms with Gasteiger partial charge in [-0.2, -0.15) is 0 Å². The Morgan fingerprint density at radius 3 is 2.71 bits per heavy atom. The molecule has 0 bridgehead atoms. The van der Waals surface area contributed by atoms with E-state index in [1.165, 1.54) is 29.1 Å². The van der Waals surface area contributed by atoms with E-state index in [4.69, 9.17) is 15.9 Å². The average molecular weight is 631 g/mol. The number of para-hydroxylation sites is 1. The summed E-state index contributed by atoms with van der Waals surface area (Å²) in [5, 5.41) is 13.2. The van der Waals surface area contributed by atoms with Gasteiger partial charge in [-0.05, 0) is 61.0 Å². The normalized spacial score (nSPS) is 14.6. The number of anilines is 1. The summed E-state index contributed by atoms with van der Waals surface area (Å²) >= 11 is 4.67. The molecule has 10 heteroatoms. The third-order valence-electron chi connectivity index (χ3n) is 6.39. The van der Waals surface area contributed by atoms with E-state index in [-0.39, 0.29) is 23.7 Å². The minimum atomic E-state index is -0.841. The molecule has 1 aromatic heterocycles. The summed E-state index contributed by atoms with van der Waals surface area (Å²) in [4.78, 5) is 32.8. The van der Waals surface area contributed by atoms with Crippen molar-refractivity contribution in [2.75, 3.05) is 19.0 Å². The summed E-state index contributed by atoms with van der Waals surface area (Å²) in [5.74, 6) is 2.73. The molecule has 1 aliphatic heterocycles. The molecule has 1 atom stereocenters. The number of benzene rings is 3. The third kappa shape index (κ3) is 5.68. The van der Waals surface area contributed by atoms with Gasteiger partial charge < -0.3 is 19.9 Å². The molecule has 2 heterocycles. The highest BCUT2D eigenvalue weighted by Crippen LogP contribution is 2.35. The Morgan fingerprint density at radius 2 is 1.98 bits per heavy atom. The molecule has 0 unspecified atom stereocenters. The van der Waals surface area contributed by atoms with E-state index in [0.29, 0.717) is 43.2 Å². The van der Waals surface area contributed by atoms with Gasteiger partial charge in [-0.1, -0.05) is 57.5 Å². The molecular formula is C31H24BrN3O5S. The summed E-state index contributed by atoms with van der Waals surface area (Å²) in [6, 6.07) is 18.4. The number of rotatable bonds is 7. The van der Waals surface area contributed by atoms with E-state index in [1.807, 2.05) is 30.3 Å². The van der Waals surface area contributed by atoms with Crippen LogP contribution in [-0.2, 0) is 4.79 Å². The molecule has 3 aromatic carbocycles. The van der Waals surface area contributed by atoms with Crippen LogP contribution in [0.4, 0.5) is 5.69 Å². The van der Waals surface area contributed by atoms with Crippen molar-refractivity contribution in [2.24, 2.45) is 4.99 Å². The predicted molar refractivity (Wildman–Crippen MR) is 162 cm³/mol. The van der Waals surface area contributed by atoms with Crippen LogP contribution in [0.15, 0.2) is 92.3 Å². The highest BCUT2D eigenvalue weighted by molar-refractivity contribution is 9.10. The van der Waals surface area contributed by atoms with Crippen LogP contribution in [0.25, 0.3) is 6.08 Å². The first-order valence-electron chi connectivity index (χ1n) is 12.4. The number of hydrogen-bond donors (Lipinski definition) is 2. The molecule has 2 N–H and O–H groups in total. The molecule has 1 amide bonds. The number of terminal acetylenes is 1. The van der Waals surface area contributed by atoms with Gasteiger partial charge in [0.2, 0.25) is 0 Å². The quantitative estimate of drug-likeness (QED) is 0.296. The van der Waals surface area contributed by atoms with Gasteiger partial charge in [0.05, 0.1) is 29.0 Å². The molecule has 0 radical (unpaired) electrons. The number of phenolic OH excluding ortho intramolecular Hbond substituents is 1. The second-order valence-electron chi connectivity index (χ2n) is 9.01. The number of fused-ring (bicyclic) bond motifs is 1. The molecule has 0 spiro atoms. The van der Waals surface area contributed by atoms with Crippen molar-refractivity contribution in [1.29, 1.82) is 0 Å². The molecule has 0 saturated carbocycles. The molecular weight excluding hydrogens is 606 g/mol. The van der Waals surface area contributed by atoms with Gasteiger partial charge in [0.15, 0.2) is 16.3 Å². The lowest BCUT2D eigenvalue weighted by Gasteiger charge is -2.25. The number of phenols is 1. The fraction of sp³-hybridized carbons (Fsp3) is 0.129. The number of methoxy groups -OCH3 is 1. The largest absolute Gasteiger partial charge is 0.504 e. The zero-order chi connectivity index (χ0) is 29.1. The van der Waals surface area contributed by atoms with Crippen molar-refractivity contribution in [2.45, 2.75) is 13.0 Å². The van der Waals surface area contributed by atoms with Gasteiger partial charge in [-0.3, -0.25) is 14.2 Å². The molecule has 1 aliphatic rings. The summed E-state index contributed by atoms with van der Waals surface area (Å²) in [7, 11) is 1.44. The lowest BCUT2D eigenvalue weighted by Crippen LogP contribution is -2.40. The number of aromatic nitrogens is 1. The highest BCUT2D eigenvalue weighted by atomic mass is 79.9. The molecule has 8 nitrogen and oxygen atoms in total. The SMILES string of the molecule is C#CCOc1ccc(Br)cc1/C=c1\sc2n(c1=O)[C@@H](c1ccc(O)c(OC)c1)C(C(=O)Nc1ccccc1)=C(C)N=2. The van der Waals surface area contributed by atoms with Crippen molar-refractivity contribution in [3.63, 3.8) is 0 Å². The summed E-state index contributed by atoms with van der Waals surface area (Å²) in [6.07, 6.45) is 7.10. The maximum absolute atomic E-state index is 14.0. The van der Waals surface area contributed by atoms with Gasteiger partial charge in [-0.15, -0.1) is 6.42 Å². The number of aromatic hydroxyl groups is 1. The van der Waals surface area contributed by atoms with Gasteiger partial charge in [0.1, 0.15) is 12.4 Å². The number of carbonyl (C=O) groups excluding carboxylic acids is 1. The number of amides is 1. The monoisotopic (exact) mass is 629 g/mol. The van der Waals surface area contributed by atoms with Crippen LogP contribution in [0.1, 0.15) is 24.1 Å². The van der Waals surface area contributed by atoms with E-state index in [2.05, 4.69) is 32.2 Å². The second kappa shape index (κ2) is 11.9. The van der Waals surface area contributed by atoms with Crippen molar-refractivity contribution in [1.82, 2.24) is 4.57 Å². The van der Waals surface area contributed by atoms with Gasteiger partial charge in [-0.25, -0.2) is 4.99 Å². The van der Waals surface area contributed by atoms with Crippen molar-refractivity contribution < 1.29 is 19.4 Å². The number of nitrogens with one attached hydrogen (secondary N) is 1. The lowest BCUT2D eigenvalue weighted by molar-refractivity contribution is -0.113. The summed E-state index contributed by atoms with van der Waals surface area (Å²) in [5.41, 5.74) is 2.24. The van der Waals surface area contributed by atoms with E-state index < -0.39 is 11.9 Å². The third-order valence-corrected chi connectivity index (χ3v) is 7.86. The zero-order valence-electron chi connectivity index (χ0n) is 22.1. The van der Waals surface area contributed by atoms with Gasteiger partial charge in [0, 0.05) is 15.7 Å². The van der Waals surface area contributed by atoms with Gasteiger partial charge in [0.25, 0.3) is 11.5 Å². The van der Waals surface area contributed by atoms with Crippen LogP contribution >= 0.6 is 27.3 Å². The van der Waals surface area contributed by atoms with E-state index in [9.17, 15) is 14.7 Å². The molecule has 0 saturated heterocycles. The first-order chi connectivity index (χ1) is 19.8. The second-order valence-corrected chi connectivity index (χ2v) is 10.9. The Kier molecular flexibility index (Phi) is 8.10. The number of ether oxygens (including phenoxy) is 2. The zero-order valence-corrected chi connectivity index (χ0v) is 24.5. The lowest BCUT2D eigenvalue weighted by atomic mass is 9.94. The number of allylic oxidation sites excluding steroid dienone is 1. The van der Waals surface area contributed by atoms with Crippen molar-refractivity contribution >= 4 is 44.9 Å². The molecule has 41 heavy (non-hydrogen) atoms. The number of hydrogen-bond acceptors (Lipinski definition) is 7. The minimum Gasteiger partial charge on any atom is -0.504 e. The molecule has 206 valence electrons. The molecule has 4 aromatic rings. The smallest absolute Gasteiger partial charge is 0.271 e. The fourth-order valence-corrected chi connectivity index (χ4v) is 5.95. The van der Waals surface area contributed by atoms with Crippen molar-refractivity contribution in [3.8, 4) is 29.6 Å². The van der Waals surface area contributed by atoms with Crippen LogP contribution < -0.4 is 29.7 Å². The topological polar surface area (TPSA) is 102 Å².